The van der Waals surface area contributed by atoms with Crippen LogP contribution in [0.1, 0.15) is 10.4 Å². The zero-order chi connectivity index (χ0) is 15.4. The van der Waals surface area contributed by atoms with E-state index in [1.54, 1.807) is 31.4 Å². The van der Waals surface area contributed by atoms with Crippen molar-refractivity contribution < 1.29 is 14.3 Å². The monoisotopic (exact) mass is 289 g/mol. The molecule has 0 radical (unpaired) electrons. The number of benzene rings is 1. The molecule has 0 saturated carbocycles. The number of carbonyl (C=O) groups is 1. The van der Waals surface area contributed by atoms with Gasteiger partial charge >= 0.3 is 0 Å². The Morgan fingerprint density at radius 2 is 1.86 bits per heavy atom. The van der Waals surface area contributed by atoms with Gasteiger partial charge < -0.3 is 14.5 Å². The fourth-order valence-corrected chi connectivity index (χ4v) is 1.90. The minimum absolute atomic E-state index is 0.0540. The Morgan fingerprint density at radius 1 is 1.14 bits per heavy atom. The molecule has 1 aromatic carbocycles. The summed E-state index contributed by atoms with van der Waals surface area (Å²) in [5, 5.41) is 0. The third-order valence-corrected chi connectivity index (χ3v) is 2.98. The van der Waals surface area contributed by atoms with Crippen molar-refractivity contribution in [2.75, 3.05) is 14.2 Å². The topological polar surface area (TPSA) is 106 Å². The van der Waals surface area contributed by atoms with Gasteiger partial charge in [-0.3, -0.25) is 15.0 Å². The van der Waals surface area contributed by atoms with Gasteiger partial charge in [0.05, 0.1) is 14.2 Å². The van der Waals surface area contributed by atoms with Crippen LogP contribution < -0.4 is 26.3 Å². The first-order chi connectivity index (χ1) is 10.1. The summed E-state index contributed by atoms with van der Waals surface area (Å²) in [6, 6.07) is 8.26. The Labute approximate surface area is 120 Å². The van der Waals surface area contributed by atoms with Crippen LogP contribution >= 0.6 is 0 Å². The molecule has 0 aliphatic rings. The second-order valence-electron chi connectivity index (χ2n) is 4.16. The molecular formula is C14H15N3O4. The molecule has 21 heavy (non-hydrogen) atoms. The van der Waals surface area contributed by atoms with E-state index in [1.165, 1.54) is 13.2 Å². The molecule has 7 heteroatoms. The largest absolute Gasteiger partial charge is 0.493 e. The molecule has 0 aliphatic carbocycles. The Bertz CT molecular complexity index is 724. The minimum Gasteiger partial charge on any atom is -0.493 e. The number of aromatic nitrogens is 1. The normalized spacial score (nSPS) is 10.0. The van der Waals surface area contributed by atoms with Crippen LogP contribution in [-0.4, -0.2) is 25.1 Å². The van der Waals surface area contributed by atoms with Crippen molar-refractivity contribution in [1.82, 2.24) is 10.4 Å². The predicted octanol–water partition coefficient (Wildman–Crippen LogP) is 0.663. The Balaban J connectivity index is 2.46. The molecule has 0 saturated heterocycles. The lowest BCUT2D eigenvalue weighted by Gasteiger charge is -2.10. The van der Waals surface area contributed by atoms with Crippen LogP contribution in [0.25, 0.3) is 11.3 Å². The summed E-state index contributed by atoms with van der Waals surface area (Å²) in [5.41, 5.74) is 2.62. The van der Waals surface area contributed by atoms with Crippen molar-refractivity contribution in [3.63, 3.8) is 0 Å². The smallest absolute Gasteiger partial charge is 0.270 e. The van der Waals surface area contributed by atoms with Gasteiger partial charge in [0, 0.05) is 11.3 Å². The van der Waals surface area contributed by atoms with Crippen LogP contribution in [0.3, 0.4) is 0 Å². The summed E-state index contributed by atoms with van der Waals surface area (Å²) in [6.45, 7) is 0. The number of hydrogen-bond acceptors (Lipinski definition) is 5. The lowest BCUT2D eigenvalue weighted by atomic mass is 10.1. The highest BCUT2D eigenvalue weighted by molar-refractivity contribution is 5.93. The van der Waals surface area contributed by atoms with Crippen LogP contribution in [0.5, 0.6) is 11.5 Å². The Morgan fingerprint density at radius 3 is 2.43 bits per heavy atom. The molecule has 1 aromatic heterocycles. The first-order valence-electron chi connectivity index (χ1n) is 6.07. The van der Waals surface area contributed by atoms with Gasteiger partial charge in [-0.1, -0.05) is 0 Å². The molecule has 7 nitrogen and oxygen atoms in total. The van der Waals surface area contributed by atoms with Crippen molar-refractivity contribution in [1.29, 1.82) is 0 Å². The molecule has 0 atom stereocenters. The van der Waals surface area contributed by atoms with E-state index in [1.807, 2.05) is 5.43 Å². The average Bonchev–Trinajstić information content (AvgIpc) is 2.53. The molecule has 0 fully saturated rings. The number of nitrogen functional groups attached to an aromatic ring is 1. The van der Waals surface area contributed by atoms with Crippen LogP contribution in [0.2, 0.25) is 0 Å². The van der Waals surface area contributed by atoms with Crippen LogP contribution in [0.4, 0.5) is 0 Å². The SMILES string of the molecule is COc1ccc(-c2ccc(C(=O)NN)c(=O)[nH]2)cc1OC. The molecule has 4 N–H and O–H groups in total. The van der Waals surface area contributed by atoms with Crippen molar-refractivity contribution in [3.8, 4) is 22.8 Å². The highest BCUT2D eigenvalue weighted by Crippen LogP contribution is 2.31. The number of amides is 1. The van der Waals surface area contributed by atoms with E-state index >= 15 is 0 Å². The third kappa shape index (κ3) is 2.87. The molecule has 110 valence electrons. The van der Waals surface area contributed by atoms with Crippen LogP contribution in [-0.2, 0) is 0 Å². The quantitative estimate of drug-likeness (QED) is 0.435. The molecule has 2 rings (SSSR count). The van der Waals surface area contributed by atoms with Crippen molar-refractivity contribution in [2.24, 2.45) is 5.84 Å². The minimum atomic E-state index is -0.643. The number of pyridine rings is 1. The molecule has 0 bridgehead atoms. The summed E-state index contributed by atoms with van der Waals surface area (Å²) in [7, 11) is 3.07. The lowest BCUT2D eigenvalue weighted by Crippen LogP contribution is -2.34. The highest BCUT2D eigenvalue weighted by Gasteiger charge is 2.11. The van der Waals surface area contributed by atoms with Crippen LogP contribution in [0, 0.1) is 0 Å². The molecule has 0 spiro atoms. The van der Waals surface area contributed by atoms with Gasteiger partial charge in [-0.25, -0.2) is 5.84 Å². The van der Waals surface area contributed by atoms with E-state index < -0.39 is 11.5 Å². The van der Waals surface area contributed by atoms with Gasteiger partial charge in [-0.2, -0.15) is 0 Å². The fourth-order valence-electron chi connectivity index (χ4n) is 1.90. The van der Waals surface area contributed by atoms with E-state index in [9.17, 15) is 9.59 Å². The van der Waals surface area contributed by atoms with E-state index in [2.05, 4.69) is 4.98 Å². The first-order valence-corrected chi connectivity index (χ1v) is 6.07. The molecule has 2 aromatic rings. The average molecular weight is 289 g/mol. The Hall–Kier alpha value is -2.80. The van der Waals surface area contributed by atoms with Gasteiger partial charge in [0.25, 0.3) is 11.5 Å². The maximum absolute atomic E-state index is 11.9. The number of nitrogens with two attached hydrogens (primary N) is 1. The number of hydrazine groups is 1. The fraction of sp³-hybridized carbons (Fsp3) is 0.143. The summed E-state index contributed by atoms with van der Waals surface area (Å²) >= 11 is 0. The van der Waals surface area contributed by atoms with E-state index in [0.29, 0.717) is 17.2 Å². The maximum Gasteiger partial charge on any atom is 0.270 e. The molecule has 0 aliphatic heterocycles. The van der Waals surface area contributed by atoms with Crippen molar-refractivity contribution >= 4 is 5.91 Å². The number of aromatic amines is 1. The lowest BCUT2D eigenvalue weighted by molar-refractivity contribution is 0.0952. The molecular weight excluding hydrogens is 274 g/mol. The zero-order valence-corrected chi connectivity index (χ0v) is 11.6. The third-order valence-electron chi connectivity index (χ3n) is 2.98. The van der Waals surface area contributed by atoms with Gasteiger partial charge in [-0.15, -0.1) is 0 Å². The number of nitrogens with one attached hydrogen (secondary N) is 2. The van der Waals surface area contributed by atoms with Crippen molar-refractivity contribution in [3.05, 3.63) is 46.2 Å². The van der Waals surface area contributed by atoms with Gasteiger partial charge in [0.1, 0.15) is 5.56 Å². The molecule has 1 amide bonds. The summed E-state index contributed by atoms with van der Waals surface area (Å²) in [6.07, 6.45) is 0. The number of hydrogen-bond donors (Lipinski definition) is 3. The highest BCUT2D eigenvalue weighted by atomic mass is 16.5. The second kappa shape index (κ2) is 6.10. The maximum atomic E-state index is 11.9. The summed E-state index contributed by atoms with van der Waals surface area (Å²) in [4.78, 5) is 25.9. The van der Waals surface area contributed by atoms with Crippen molar-refractivity contribution in [2.45, 2.75) is 0 Å². The van der Waals surface area contributed by atoms with E-state index in [-0.39, 0.29) is 5.56 Å². The van der Waals surface area contributed by atoms with Gasteiger partial charge in [-0.05, 0) is 30.3 Å². The number of rotatable bonds is 4. The van der Waals surface area contributed by atoms with Gasteiger partial charge in [0.15, 0.2) is 11.5 Å². The standard InChI is InChI=1S/C14H15N3O4/c1-20-11-6-3-8(7-12(11)21-2)10-5-4-9(13(18)16-10)14(19)17-15/h3-7H,15H2,1-2H3,(H,16,18)(H,17,19). The van der Waals surface area contributed by atoms with E-state index in [0.717, 1.165) is 5.56 Å². The molecule has 1 heterocycles. The van der Waals surface area contributed by atoms with E-state index in [4.69, 9.17) is 15.3 Å². The van der Waals surface area contributed by atoms with Crippen LogP contribution in [0.15, 0.2) is 35.1 Å². The number of carbonyl (C=O) groups excluding carboxylic acids is 1. The molecule has 0 unspecified atom stereocenters. The van der Waals surface area contributed by atoms with Gasteiger partial charge in [0.2, 0.25) is 0 Å². The Kier molecular flexibility index (Phi) is 4.24. The number of H-pyrrole nitrogens is 1. The number of ether oxygens (including phenoxy) is 2. The first kappa shape index (κ1) is 14.6. The predicted molar refractivity (Wildman–Crippen MR) is 77.3 cm³/mol. The number of methoxy groups -OCH3 is 2. The zero-order valence-electron chi connectivity index (χ0n) is 11.6. The summed E-state index contributed by atoms with van der Waals surface area (Å²) in [5.74, 6) is 5.49. The second-order valence-corrected chi connectivity index (χ2v) is 4.16. The summed E-state index contributed by atoms with van der Waals surface area (Å²) < 4.78 is 10.4.